The molecule has 150 valence electrons. The Hall–Kier alpha value is -2.87. The summed E-state index contributed by atoms with van der Waals surface area (Å²) in [6.45, 7) is 5.23. The number of carbonyl (C=O) groups is 2. The number of benzene rings is 2. The zero-order valence-corrected chi connectivity index (χ0v) is 16.9. The van der Waals surface area contributed by atoms with E-state index in [9.17, 15) is 18.0 Å². The number of hydrogen-bond donors (Lipinski definition) is 2. The molecule has 0 atom stereocenters. The molecule has 0 aliphatic heterocycles. The zero-order chi connectivity index (χ0) is 20.7. The summed E-state index contributed by atoms with van der Waals surface area (Å²) >= 11 is 0. The molecule has 0 saturated carbocycles. The minimum atomic E-state index is -3.58. The number of aryl methyl sites for hydroxylation is 2. The van der Waals surface area contributed by atoms with E-state index >= 15 is 0 Å². The van der Waals surface area contributed by atoms with Crippen LogP contribution in [0.5, 0.6) is 5.75 Å². The summed E-state index contributed by atoms with van der Waals surface area (Å²) in [6.07, 6.45) is 0.435. The number of sulfone groups is 1. The van der Waals surface area contributed by atoms with Gasteiger partial charge in [-0.3, -0.25) is 20.4 Å². The van der Waals surface area contributed by atoms with Crippen molar-refractivity contribution in [2.24, 2.45) is 0 Å². The number of carbonyl (C=O) groups excluding carboxylic acids is 2. The Labute approximate surface area is 165 Å². The lowest BCUT2D eigenvalue weighted by atomic mass is 10.1. The summed E-state index contributed by atoms with van der Waals surface area (Å²) in [4.78, 5) is 24.3. The Kier molecular flexibility index (Phi) is 7.17. The molecular formula is C20H24N2O5S. The van der Waals surface area contributed by atoms with Gasteiger partial charge in [-0.1, -0.05) is 31.2 Å². The molecule has 0 fully saturated rings. The van der Waals surface area contributed by atoms with Gasteiger partial charge in [-0.25, -0.2) is 8.42 Å². The maximum absolute atomic E-state index is 12.4. The van der Waals surface area contributed by atoms with Crippen molar-refractivity contribution in [2.45, 2.75) is 32.1 Å². The maximum atomic E-state index is 12.4. The molecule has 0 heterocycles. The molecule has 0 saturated heterocycles. The molecule has 2 amide bonds. The molecular weight excluding hydrogens is 380 g/mol. The highest BCUT2D eigenvalue weighted by atomic mass is 32.2. The first-order valence-corrected chi connectivity index (χ1v) is 10.5. The Morgan fingerprint density at radius 2 is 1.75 bits per heavy atom. The fourth-order valence-corrected chi connectivity index (χ4v) is 4.08. The monoisotopic (exact) mass is 404 g/mol. The number of ether oxygens (including phenoxy) is 1. The fraction of sp³-hybridized carbons (Fsp3) is 0.300. The third-order valence-electron chi connectivity index (χ3n) is 3.96. The molecule has 0 aromatic heterocycles. The van der Waals surface area contributed by atoms with Crippen LogP contribution in [0, 0.1) is 13.8 Å². The van der Waals surface area contributed by atoms with Crippen LogP contribution < -0.4 is 15.6 Å². The second-order valence-corrected chi connectivity index (χ2v) is 8.45. The van der Waals surface area contributed by atoms with E-state index in [4.69, 9.17) is 4.74 Å². The molecule has 0 unspecified atom stereocenters. The summed E-state index contributed by atoms with van der Waals surface area (Å²) in [5, 5.41) is 0. The van der Waals surface area contributed by atoms with Gasteiger partial charge < -0.3 is 4.74 Å². The van der Waals surface area contributed by atoms with Crippen LogP contribution in [-0.4, -0.2) is 32.6 Å². The van der Waals surface area contributed by atoms with Crippen LogP contribution >= 0.6 is 0 Å². The lowest BCUT2D eigenvalue weighted by Gasteiger charge is -2.12. The molecule has 8 heteroatoms. The van der Waals surface area contributed by atoms with E-state index < -0.39 is 21.7 Å². The lowest BCUT2D eigenvalue weighted by molar-refractivity contribution is -0.123. The Bertz CT molecular complexity index is 970. The highest BCUT2D eigenvalue weighted by Crippen LogP contribution is 2.19. The molecule has 0 spiro atoms. The standard InChI is InChI=1S/C20H24N2O5S/c1-4-11-28(25,26)18-8-6-5-7-16(18)20(24)22-21-19(23)13-27-17-12-14(2)9-10-15(17)3/h5-10,12H,4,11,13H2,1-3H3,(H,21,23)(H,22,24). The van der Waals surface area contributed by atoms with E-state index in [1.807, 2.05) is 32.0 Å². The van der Waals surface area contributed by atoms with E-state index in [0.29, 0.717) is 12.2 Å². The molecule has 28 heavy (non-hydrogen) atoms. The van der Waals surface area contributed by atoms with Crippen molar-refractivity contribution in [3.05, 3.63) is 59.2 Å². The molecule has 0 bridgehead atoms. The topological polar surface area (TPSA) is 102 Å². The first-order valence-electron chi connectivity index (χ1n) is 8.85. The summed E-state index contributed by atoms with van der Waals surface area (Å²) < 4.78 is 30.1. The normalized spacial score (nSPS) is 11.0. The first kappa shape index (κ1) is 21.4. The SMILES string of the molecule is CCCS(=O)(=O)c1ccccc1C(=O)NNC(=O)COc1cc(C)ccc1C. The van der Waals surface area contributed by atoms with Crippen LogP contribution in [0.3, 0.4) is 0 Å². The summed E-state index contributed by atoms with van der Waals surface area (Å²) in [6, 6.07) is 11.5. The predicted molar refractivity (Wildman–Crippen MR) is 106 cm³/mol. The van der Waals surface area contributed by atoms with E-state index in [1.165, 1.54) is 12.1 Å². The summed E-state index contributed by atoms with van der Waals surface area (Å²) in [5.41, 5.74) is 6.33. The second-order valence-electron chi connectivity index (χ2n) is 6.37. The molecule has 0 radical (unpaired) electrons. The van der Waals surface area contributed by atoms with Crippen LogP contribution in [0.15, 0.2) is 47.4 Å². The number of hydrazine groups is 1. The number of amides is 2. The predicted octanol–water partition coefficient (Wildman–Crippen LogP) is 2.33. The van der Waals surface area contributed by atoms with Crippen molar-refractivity contribution >= 4 is 21.7 Å². The van der Waals surface area contributed by atoms with Crippen molar-refractivity contribution < 1.29 is 22.7 Å². The maximum Gasteiger partial charge on any atom is 0.276 e. The van der Waals surface area contributed by atoms with Gasteiger partial charge in [0, 0.05) is 0 Å². The quantitative estimate of drug-likeness (QED) is 0.690. The third kappa shape index (κ3) is 5.56. The average molecular weight is 404 g/mol. The van der Waals surface area contributed by atoms with Gasteiger partial charge in [0.2, 0.25) is 0 Å². The van der Waals surface area contributed by atoms with Gasteiger partial charge in [-0.05, 0) is 49.6 Å². The molecule has 2 aromatic rings. The van der Waals surface area contributed by atoms with E-state index in [2.05, 4.69) is 10.9 Å². The van der Waals surface area contributed by atoms with Gasteiger partial charge >= 0.3 is 0 Å². The molecule has 2 aromatic carbocycles. The smallest absolute Gasteiger partial charge is 0.276 e. The Morgan fingerprint density at radius 3 is 2.46 bits per heavy atom. The van der Waals surface area contributed by atoms with Crippen LogP contribution in [-0.2, 0) is 14.6 Å². The van der Waals surface area contributed by atoms with Crippen molar-refractivity contribution in [3.8, 4) is 5.75 Å². The molecule has 0 aliphatic rings. The first-order chi connectivity index (χ1) is 13.2. The van der Waals surface area contributed by atoms with Crippen LogP contribution in [0.1, 0.15) is 34.8 Å². The Balaban J connectivity index is 1.99. The van der Waals surface area contributed by atoms with Crippen LogP contribution in [0.25, 0.3) is 0 Å². The second kappa shape index (κ2) is 9.36. The van der Waals surface area contributed by atoms with Gasteiger partial charge in [-0.15, -0.1) is 0 Å². The van der Waals surface area contributed by atoms with Crippen LogP contribution in [0.4, 0.5) is 0 Å². The number of rotatable bonds is 7. The number of nitrogens with one attached hydrogen (secondary N) is 2. The van der Waals surface area contributed by atoms with E-state index in [0.717, 1.165) is 11.1 Å². The van der Waals surface area contributed by atoms with Gasteiger partial charge in [0.1, 0.15) is 5.75 Å². The van der Waals surface area contributed by atoms with Gasteiger partial charge in [0.25, 0.3) is 11.8 Å². The van der Waals surface area contributed by atoms with Gasteiger partial charge in [0.05, 0.1) is 16.2 Å². The van der Waals surface area contributed by atoms with Crippen molar-refractivity contribution in [3.63, 3.8) is 0 Å². The van der Waals surface area contributed by atoms with E-state index in [-0.39, 0.29) is 22.8 Å². The number of hydrogen-bond acceptors (Lipinski definition) is 5. The Morgan fingerprint density at radius 1 is 1.04 bits per heavy atom. The fourth-order valence-electron chi connectivity index (χ4n) is 2.54. The van der Waals surface area contributed by atoms with E-state index in [1.54, 1.807) is 19.1 Å². The molecule has 2 N–H and O–H groups in total. The molecule has 7 nitrogen and oxygen atoms in total. The van der Waals surface area contributed by atoms with Gasteiger partial charge in [0.15, 0.2) is 16.4 Å². The zero-order valence-electron chi connectivity index (χ0n) is 16.1. The largest absolute Gasteiger partial charge is 0.483 e. The average Bonchev–Trinajstić information content (AvgIpc) is 2.66. The van der Waals surface area contributed by atoms with Crippen molar-refractivity contribution in [1.29, 1.82) is 0 Å². The minimum absolute atomic E-state index is 0.0216. The third-order valence-corrected chi connectivity index (χ3v) is 5.93. The molecule has 2 rings (SSSR count). The van der Waals surface area contributed by atoms with Crippen molar-refractivity contribution in [2.75, 3.05) is 12.4 Å². The summed E-state index contributed by atoms with van der Waals surface area (Å²) in [5.74, 6) is -0.760. The van der Waals surface area contributed by atoms with Crippen LogP contribution in [0.2, 0.25) is 0 Å². The van der Waals surface area contributed by atoms with Crippen molar-refractivity contribution in [1.82, 2.24) is 10.9 Å². The lowest BCUT2D eigenvalue weighted by Crippen LogP contribution is -2.44. The highest BCUT2D eigenvalue weighted by molar-refractivity contribution is 7.91. The minimum Gasteiger partial charge on any atom is -0.483 e. The molecule has 0 aliphatic carbocycles. The van der Waals surface area contributed by atoms with Gasteiger partial charge in [-0.2, -0.15) is 0 Å². The highest BCUT2D eigenvalue weighted by Gasteiger charge is 2.21. The summed E-state index contributed by atoms with van der Waals surface area (Å²) in [7, 11) is -3.58.